The number of nitrogens with zero attached hydrogens (tertiary/aromatic N) is 1. The van der Waals surface area contributed by atoms with Crippen LogP contribution in [-0.2, 0) is 0 Å². The number of rotatable bonds is 5. The van der Waals surface area contributed by atoms with E-state index in [9.17, 15) is 4.79 Å². The van der Waals surface area contributed by atoms with Crippen LogP contribution >= 0.6 is 0 Å². The Morgan fingerprint density at radius 1 is 1.42 bits per heavy atom. The molecule has 0 aromatic heterocycles. The van der Waals surface area contributed by atoms with Crippen molar-refractivity contribution in [2.24, 2.45) is 5.92 Å². The van der Waals surface area contributed by atoms with Crippen molar-refractivity contribution in [3.8, 4) is 5.75 Å². The third-order valence-electron chi connectivity index (χ3n) is 3.54. The molecule has 0 bridgehead atoms. The number of hydrogen-bond donors (Lipinski definition) is 2. The highest BCUT2D eigenvalue weighted by molar-refractivity contribution is 5.66. The molecule has 0 atom stereocenters. The minimum Gasteiger partial charge on any atom is -0.493 e. The zero-order valence-corrected chi connectivity index (χ0v) is 10.7. The standard InChI is InChI=1S/C14H18N2O3/c17-14(18)16-7-12(8-16)15-11-2-1-3-13(6-11)19-9-10-4-5-10/h1-3,6,10,12,15H,4-5,7-9H2,(H,17,18). The quantitative estimate of drug-likeness (QED) is 0.854. The summed E-state index contributed by atoms with van der Waals surface area (Å²) < 4.78 is 5.72. The van der Waals surface area contributed by atoms with Crippen molar-refractivity contribution in [1.82, 2.24) is 4.90 Å². The van der Waals surface area contributed by atoms with Crippen molar-refractivity contribution in [3.05, 3.63) is 24.3 Å². The van der Waals surface area contributed by atoms with Crippen LogP contribution in [0, 0.1) is 5.92 Å². The van der Waals surface area contributed by atoms with Gasteiger partial charge in [0, 0.05) is 24.8 Å². The van der Waals surface area contributed by atoms with Crippen molar-refractivity contribution in [1.29, 1.82) is 0 Å². The number of anilines is 1. The molecular formula is C14H18N2O3. The highest BCUT2D eigenvalue weighted by Crippen LogP contribution is 2.30. The second-order valence-electron chi connectivity index (χ2n) is 5.31. The lowest BCUT2D eigenvalue weighted by atomic mass is 10.1. The van der Waals surface area contributed by atoms with Gasteiger partial charge in [-0.2, -0.15) is 0 Å². The molecule has 0 radical (unpaired) electrons. The van der Waals surface area contributed by atoms with E-state index in [-0.39, 0.29) is 6.04 Å². The first-order valence-corrected chi connectivity index (χ1v) is 6.68. The van der Waals surface area contributed by atoms with E-state index in [4.69, 9.17) is 9.84 Å². The van der Waals surface area contributed by atoms with Crippen LogP contribution in [0.4, 0.5) is 10.5 Å². The lowest BCUT2D eigenvalue weighted by Crippen LogP contribution is -2.56. The Kier molecular flexibility index (Phi) is 3.19. The molecule has 1 saturated carbocycles. The summed E-state index contributed by atoms with van der Waals surface area (Å²) >= 11 is 0. The van der Waals surface area contributed by atoms with Crippen LogP contribution in [0.25, 0.3) is 0 Å². The van der Waals surface area contributed by atoms with E-state index < -0.39 is 6.09 Å². The molecule has 1 aromatic carbocycles. The van der Waals surface area contributed by atoms with Crippen molar-refractivity contribution in [2.75, 3.05) is 25.0 Å². The van der Waals surface area contributed by atoms with Gasteiger partial charge in [-0.3, -0.25) is 0 Å². The number of hydrogen-bond acceptors (Lipinski definition) is 3. The number of carboxylic acid groups (broad SMARTS) is 1. The third kappa shape index (κ3) is 3.10. The van der Waals surface area contributed by atoms with Gasteiger partial charge >= 0.3 is 6.09 Å². The van der Waals surface area contributed by atoms with Crippen LogP contribution in [0.5, 0.6) is 5.75 Å². The van der Waals surface area contributed by atoms with Gasteiger partial charge in [0.2, 0.25) is 0 Å². The second kappa shape index (κ2) is 4.99. The topological polar surface area (TPSA) is 61.8 Å². The fourth-order valence-electron chi connectivity index (χ4n) is 2.14. The lowest BCUT2D eigenvalue weighted by Gasteiger charge is -2.38. The summed E-state index contributed by atoms with van der Waals surface area (Å²) in [5.74, 6) is 1.62. The number of benzene rings is 1. The summed E-state index contributed by atoms with van der Waals surface area (Å²) in [4.78, 5) is 12.1. The molecule has 2 N–H and O–H groups in total. The van der Waals surface area contributed by atoms with Gasteiger partial charge in [-0.25, -0.2) is 4.79 Å². The first-order chi connectivity index (χ1) is 9.20. The third-order valence-corrected chi connectivity index (χ3v) is 3.54. The number of amides is 1. The molecule has 1 aromatic rings. The van der Waals surface area contributed by atoms with E-state index in [2.05, 4.69) is 5.32 Å². The summed E-state index contributed by atoms with van der Waals surface area (Å²) in [6.07, 6.45) is 1.72. The van der Waals surface area contributed by atoms with Crippen LogP contribution in [0.1, 0.15) is 12.8 Å². The monoisotopic (exact) mass is 262 g/mol. The highest BCUT2D eigenvalue weighted by atomic mass is 16.5. The predicted octanol–water partition coefficient (Wildman–Crippen LogP) is 2.25. The SMILES string of the molecule is O=C(O)N1CC(Nc2cccc(OCC3CC3)c2)C1. The van der Waals surface area contributed by atoms with Crippen LogP contribution < -0.4 is 10.1 Å². The number of carbonyl (C=O) groups is 1. The van der Waals surface area contributed by atoms with Crippen LogP contribution in [-0.4, -0.2) is 41.8 Å². The Hall–Kier alpha value is -1.91. The van der Waals surface area contributed by atoms with Gasteiger partial charge in [0.15, 0.2) is 0 Å². The fraction of sp³-hybridized carbons (Fsp3) is 0.500. The van der Waals surface area contributed by atoms with Crippen LogP contribution in [0.2, 0.25) is 0 Å². The van der Waals surface area contributed by atoms with Crippen molar-refractivity contribution in [3.63, 3.8) is 0 Å². The molecule has 5 heteroatoms. The summed E-state index contributed by atoms with van der Waals surface area (Å²) in [6, 6.07) is 8.07. The molecule has 5 nitrogen and oxygen atoms in total. The molecule has 0 spiro atoms. The molecule has 102 valence electrons. The number of nitrogens with one attached hydrogen (secondary N) is 1. The summed E-state index contributed by atoms with van der Waals surface area (Å²) in [6.45, 7) is 1.89. The average molecular weight is 262 g/mol. The lowest BCUT2D eigenvalue weighted by molar-refractivity contribution is 0.111. The zero-order chi connectivity index (χ0) is 13.2. The van der Waals surface area contributed by atoms with Gasteiger partial charge in [0.1, 0.15) is 5.75 Å². The Morgan fingerprint density at radius 2 is 2.21 bits per heavy atom. The molecule has 2 fully saturated rings. The minimum absolute atomic E-state index is 0.204. The van der Waals surface area contributed by atoms with Crippen molar-refractivity contribution < 1.29 is 14.6 Å². The Balaban J connectivity index is 1.50. The zero-order valence-electron chi connectivity index (χ0n) is 10.7. The molecular weight excluding hydrogens is 244 g/mol. The highest BCUT2D eigenvalue weighted by Gasteiger charge is 2.30. The van der Waals surface area contributed by atoms with E-state index in [1.54, 1.807) is 0 Å². The normalized spacial score (nSPS) is 18.8. The second-order valence-corrected chi connectivity index (χ2v) is 5.31. The average Bonchev–Trinajstić information content (AvgIpc) is 3.15. The fourth-order valence-corrected chi connectivity index (χ4v) is 2.14. The molecule has 1 aliphatic heterocycles. The molecule has 3 rings (SSSR count). The van der Waals surface area contributed by atoms with Crippen molar-refractivity contribution >= 4 is 11.8 Å². The van der Waals surface area contributed by atoms with Gasteiger partial charge in [-0.1, -0.05) is 6.07 Å². The molecule has 0 unspecified atom stereocenters. The van der Waals surface area contributed by atoms with E-state index in [1.807, 2.05) is 24.3 Å². The summed E-state index contributed by atoms with van der Waals surface area (Å²) in [5, 5.41) is 12.1. The molecule has 19 heavy (non-hydrogen) atoms. The van der Waals surface area contributed by atoms with E-state index in [0.29, 0.717) is 13.1 Å². The molecule has 1 heterocycles. The first kappa shape index (κ1) is 12.1. The van der Waals surface area contributed by atoms with E-state index in [1.165, 1.54) is 17.7 Å². The van der Waals surface area contributed by atoms with Gasteiger partial charge < -0.3 is 20.1 Å². The number of ether oxygens (including phenoxy) is 1. The predicted molar refractivity (Wildman–Crippen MR) is 71.7 cm³/mol. The van der Waals surface area contributed by atoms with Gasteiger partial charge in [-0.05, 0) is 30.9 Å². The maximum absolute atomic E-state index is 10.7. The van der Waals surface area contributed by atoms with E-state index in [0.717, 1.165) is 24.0 Å². The van der Waals surface area contributed by atoms with Gasteiger partial charge in [0.05, 0.1) is 12.6 Å². The van der Waals surface area contributed by atoms with Gasteiger partial charge in [-0.15, -0.1) is 0 Å². The Morgan fingerprint density at radius 3 is 2.89 bits per heavy atom. The number of likely N-dealkylation sites (tertiary alicyclic amines) is 1. The maximum atomic E-state index is 10.7. The summed E-state index contributed by atoms with van der Waals surface area (Å²) in [5.41, 5.74) is 0.989. The summed E-state index contributed by atoms with van der Waals surface area (Å²) in [7, 11) is 0. The molecule has 1 aliphatic carbocycles. The smallest absolute Gasteiger partial charge is 0.407 e. The molecule has 2 aliphatic rings. The van der Waals surface area contributed by atoms with Crippen LogP contribution in [0.15, 0.2) is 24.3 Å². The largest absolute Gasteiger partial charge is 0.493 e. The Bertz CT molecular complexity index is 468. The van der Waals surface area contributed by atoms with Crippen molar-refractivity contribution in [2.45, 2.75) is 18.9 Å². The van der Waals surface area contributed by atoms with Gasteiger partial charge in [0.25, 0.3) is 0 Å². The molecule has 1 saturated heterocycles. The van der Waals surface area contributed by atoms with Crippen LogP contribution in [0.3, 0.4) is 0 Å². The maximum Gasteiger partial charge on any atom is 0.407 e. The minimum atomic E-state index is -0.848. The van der Waals surface area contributed by atoms with E-state index >= 15 is 0 Å². The molecule has 1 amide bonds. The first-order valence-electron chi connectivity index (χ1n) is 6.68. The Labute approximate surface area is 112 Å².